The maximum atomic E-state index is 12.7. The van der Waals surface area contributed by atoms with Gasteiger partial charge < -0.3 is 15.4 Å². The van der Waals surface area contributed by atoms with Gasteiger partial charge in [-0.05, 0) is 42.5 Å². The lowest BCUT2D eigenvalue weighted by molar-refractivity contribution is -0.137. The molecule has 2 rings (SSSR count). The lowest BCUT2D eigenvalue weighted by Gasteiger charge is -2.12. The predicted molar refractivity (Wildman–Crippen MR) is 95.0 cm³/mol. The Morgan fingerprint density at radius 2 is 1.67 bits per heavy atom. The van der Waals surface area contributed by atoms with Gasteiger partial charge in [-0.3, -0.25) is 9.59 Å². The quantitative estimate of drug-likeness (QED) is 0.737. The van der Waals surface area contributed by atoms with E-state index in [1.165, 1.54) is 0 Å². The Hall–Kier alpha value is -2.45. The van der Waals surface area contributed by atoms with Crippen LogP contribution >= 0.6 is 23.2 Å². The molecule has 2 aromatic carbocycles. The molecule has 0 spiro atoms. The number of amides is 2. The highest BCUT2D eigenvalue weighted by Gasteiger charge is 2.31. The van der Waals surface area contributed by atoms with E-state index in [9.17, 15) is 22.8 Å². The van der Waals surface area contributed by atoms with Crippen molar-refractivity contribution in [1.29, 1.82) is 0 Å². The van der Waals surface area contributed by atoms with E-state index in [2.05, 4.69) is 10.6 Å². The third kappa shape index (κ3) is 6.65. The van der Waals surface area contributed by atoms with E-state index in [0.717, 1.165) is 12.1 Å². The second-order valence-electron chi connectivity index (χ2n) is 5.26. The van der Waals surface area contributed by atoms with Crippen LogP contribution in [0.4, 0.5) is 18.9 Å². The lowest BCUT2D eigenvalue weighted by Crippen LogP contribution is -2.35. The number of anilines is 1. The van der Waals surface area contributed by atoms with E-state index in [-0.39, 0.29) is 17.3 Å². The van der Waals surface area contributed by atoms with Gasteiger partial charge in [-0.15, -0.1) is 0 Å². The van der Waals surface area contributed by atoms with E-state index in [0.29, 0.717) is 16.8 Å². The monoisotopic (exact) mass is 420 g/mol. The van der Waals surface area contributed by atoms with Crippen LogP contribution in [0.1, 0.15) is 5.56 Å². The SMILES string of the molecule is O=C(COc1ccc(Cl)cc1)NCC(=O)Nc1cc(C(F)(F)F)ccc1Cl. The van der Waals surface area contributed by atoms with Crippen LogP contribution in [0.25, 0.3) is 0 Å². The van der Waals surface area contributed by atoms with Gasteiger partial charge in [0.05, 0.1) is 22.8 Å². The summed E-state index contributed by atoms with van der Waals surface area (Å²) < 4.78 is 43.3. The largest absolute Gasteiger partial charge is 0.484 e. The Bertz CT molecular complexity index is 827. The molecular formula is C17H13Cl2F3N2O3. The van der Waals surface area contributed by atoms with Crippen LogP contribution in [0.15, 0.2) is 42.5 Å². The zero-order chi connectivity index (χ0) is 20.0. The van der Waals surface area contributed by atoms with Crippen molar-refractivity contribution < 1.29 is 27.5 Å². The fourth-order valence-corrected chi connectivity index (χ4v) is 2.19. The number of hydrogen-bond donors (Lipinski definition) is 2. The van der Waals surface area contributed by atoms with E-state index >= 15 is 0 Å². The number of halogens is 5. The molecule has 27 heavy (non-hydrogen) atoms. The Kier molecular flexibility index (Phi) is 6.92. The van der Waals surface area contributed by atoms with Crippen LogP contribution in [0.5, 0.6) is 5.75 Å². The fourth-order valence-electron chi connectivity index (χ4n) is 1.90. The second-order valence-corrected chi connectivity index (χ2v) is 6.10. The number of carbonyl (C=O) groups excluding carboxylic acids is 2. The molecule has 5 nitrogen and oxygen atoms in total. The summed E-state index contributed by atoms with van der Waals surface area (Å²) in [6, 6.07) is 8.84. The molecule has 2 N–H and O–H groups in total. The van der Waals surface area contributed by atoms with E-state index in [1.807, 2.05) is 0 Å². The lowest BCUT2D eigenvalue weighted by atomic mass is 10.2. The molecule has 0 aliphatic rings. The molecule has 0 aliphatic heterocycles. The Morgan fingerprint density at radius 3 is 2.30 bits per heavy atom. The van der Waals surface area contributed by atoms with Gasteiger partial charge in [0.2, 0.25) is 5.91 Å². The third-order valence-electron chi connectivity index (χ3n) is 3.20. The number of rotatable bonds is 6. The Morgan fingerprint density at radius 1 is 1.00 bits per heavy atom. The molecule has 2 aromatic rings. The van der Waals surface area contributed by atoms with Crippen molar-refractivity contribution in [3.8, 4) is 5.75 Å². The average molecular weight is 421 g/mol. The minimum Gasteiger partial charge on any atom is -0.484 e. The van der Waals surface area contributed by atoms with Crippen molar-refractivity contribution in [2.24, 2.45) is 0 Å². The van der Waals surface area contributed by atoms with Crippen LogP contribution in [-0.4, -0.2) is 25.0 Å². The first-order chi connectivity index (χ1) is 12.6. The Balaban J connectivity index is 1.83. The molecule has 0 aromatic heterocycles. The van der Waals surface area contributed by atoms with E-state index in [4.69, 9.17) is 27.9 Å². The predicted octanol–water partition coefficient (Wildman–Crippen LogP) is 4.15. The van der Waals surface area contributed by atoms with Gasteiger partial charge in [-0.1, -0.05) is 23.2 Å². The third-order valence-corrected chi connectivity index (χ3v) is 3.78. The molecule has 2 amide bonds. The number of hydrogen-bond acceptors (Lipinski definition) is 3. The minimum atomic E-state index is -4.57. The van der Waals surface area contributed by atoms with Crippen molar-refractivity contribution in [2.75, 3.05) is 18.5 Å². The van der Waals surface area contributed by atoms with Gasteiger partial charge in [0, 0.05) is 5.02 Å². The Labute approximate surface area is 162 Å². The number of benzene rings is 2. The van der Waals surface area contributed by atoms with Crippen molar-refractivity contribution in [1.82, 2.24) is 5.32 Å². The first-order valence-electron chi connectivity index (χ1n) is 7.47. The molecule has 0 unspecified atom stereocenters. The van der Waals surface area contributed by atoms with Crippen molar-refractivity contribution in [2.45, 2.75) is 6.18 Å². The molecule has 10 heteroatoms. The van der Waals surface area contributed by atoms with Gasteiger partial charge in [-0.2, -0.15) is 13.2 Å². The van der Waals surface area contributed by atoms with Crippen molar-refractivity contribution in [3.05, 3.63) is 58.1 Å². The smallest absolute Gasteiger partial charge is 0.416 e. The maximum Gasteiger partial charge on any atom is 0.416 e. The number of carbonyl (C=O) groups is 2. The highest BCUT2D eigenvalue weighted by Crippen LogP contribution is 2.33. The summed E-state index contributed by atoms with van der Waals surface area (Å²) in [5, 5.41) is 4.95. The summed E-state index contributed by atoms with van der Waals surface area (Å²) in [5.41, 5.74) is -1.16. The molecule has 0 bridgehead atoms. The zero-order valence-electron chi connectivity index (χ0n) is 13.6. The van der Waals surface area contributed by atoms with Gasteiger partial charge >= 0.3 is 6.18 Å². The van der Waals surface area contributed by atoms with Gasteiger partial charge in [-0.25, -0.2) is 0 Å². The molecule has 144 valence electrons. The number of nitrogens with one attached hydrogen (secondary N) is 2. The maximum absolute atomic E-state index is 12.7. The normalized spacial score (nSPS) is 11.0. The zero-order valence-corrected chi connectivity index (χ0v) is 15.1. The summed E-state index contributed by atoms with van der Waals surface area (Å²) in [4.78, 5) is 23.5. The summed E-state index contributed by atoms with van der Waals surface area (Å²) in [6.07, 6.45) is -4.57. The fraction of sp³-hybridized carbons (Fsp3) is 0.176. The van der Waals surface area contributed by atoms with E-state index in [1.54, 1.807) is 24.3 Å². The molecule has 0 aliphatic carbocycles. The van der Waals surface area contributed by atoms with E-state index < -0.39 is 30.1 Å². The highest BCUT2D eigenvalue weighted by molar-refractivity contribution is 6.33. The highest BCUT2D eigenvalue weighted by atomic mass is 35.5. The van der Waals surface area contributed by atoms with Crippen molar-refractivity contribution >= 4 is 40.7 Å². The van der Waals surface area contributed by atoms with Crippen LogP contribution < -0.4 is 15.4 Å². The first-order valence-corrected chi connectivity index (χ1v) is 8.22. The molecule has 0 fully saturated rings. The molecule has 0 heterocycles. The summed E-state index contributed by atoms with van der Waals surface area (Å²) in [6.45, 7) is -0.811. The summed E-state index contributed by atoms with van der Waals surface area (Å²) in [7, 11) is 0. The average Bonchev–Trinajstić information content (AvgIpc) is 2.60. The van der Waals surface area contributed by atoms with Crippen LogP contribution in [0.3, 0.4) is 0 Å². The molecule has 0 saturated heterocycles. The second kappa shape index (κ2) is 8.96. The molecule has 0 radical (unpaired) electrons. The van der Waals surface area contributed by atoms with Gasteiger partial charge in [0.1, 0.15) is 5.75 Å². The number of alkyl halides is 3. The summed E-state index contributed by atoms with van der Waals surface area (Å²) >= 11 is 11.5. The van der Waals surface area contributed by atoms with Crippen LogP contribution in [-0.2, 0) is 15.8 Å². The topological polar surface area (TPSA) is 67.4 Å². The van der Waals surface area contributed by atoms with Gasteiger partial charge in [0.25, 0.3) is 5.91 Å². The molecule has 0 saturated carbocycles. The van der Waals surface area contributed by atoms with Crippen LogP contribution in [0, 0.1) is 0 Å². The minimum absolute atomic E-state index is 0.0613. The van der Waals surface area contributed by atoms with Crippen LogP contribution in [0.2, 0.25) is 10.0 Å². The standard InChI is InChI=1S/C17H13Cl2F3N2O3/c18-11-2-4-12(5-3-11)27-9-16(26)23-8-15(25)24-14-7-10(17(20,21)22)1-6-13(14)19/h1-7H,8-9H2,(H,23,26)(H,24,25). The van der Waals surface area contributed by atoms with Gasteiger partial charge in [0.15, 0.2) is 6.61 Å². The number of ether oxygens (including phenoxy) is 1. The van der Waals surface area contributed by atoms with Crippen molar-refractivity contribution in [3.63, 3.8) is 0 Å². The molecule has 0 atom stereocenters. The first kappa shape index (κ1) is 20.9. The molecular weight excluding hydrogens is 408 g/mol. The summed E-state index contributed by atoms with van der Waals surface area (Å²) in [5.74, 6) is -0.916.